The molecule has 0 atom stereocenters. The highest BCUT2D eigenvalue weighted by atomic mass is 17.1. The van der Waals surface area contributed by atoms with Crippen molar-refractivity contribution in [3.8, 4) is 0 Å². The zero-order valence-electron chi connectivity index (χ0n) is 23.8. The average molecular weight is 515 g/mol. The number of unbranched alkanes of at least 4 members (excludes halogenated alkanes) is 22. The van der Waals surface area contributed by atoms with Crippen molar-refractivity contribution >= 4 is 12.3 Å². The van der Waals surface area contributed by atoms with Gasteiger partial charge < -0.3 is 14.7 Å². The fraction of sp³-hybridized carbons (Fsp3) is 0.933. The maximum atomic E-state index is 11.7. The van der Waals surface area contributed by atoms with Gasteiger partial charge >= 0.3 is 12.3 Å². The first kappa shape index (κ1) is 34.5. The molecule has 36 heavy (non-hydrogen) atoms. The quantitative estimate of drug-likeness (QED) is 0.0287. The summed E-state index contributed by atoms with van der Waals surface area (Å²) >= 11 is 0. The lowest BCUT2D eigenvalue weighted by molar-refractivity contribution is -0.869. The molecule has 0 saturated carbocycles. The summed E-state index contributed by atoms with van der Waals surface area (Å²) in [4.78, 5) is 11.7. The van der Waals surface area contributed by atoms with E-state index in [-0.39, 0.29) is 6.61 Å². The maximum Gasteiger partial charge on any atom is 0.735 e. The summed E-state index contributed by atoms with van der Waals surface area (Å²) in [6, 6.07) is 0. The molecule has 214 valence electrons. The van der Waals surface area contributed by atoms with E-state index in [0.29, 0.717) is 6.61 Å². The molecule has 0 aliphatic carbocycles. The van der Waals surface area contributed by atoms with E-state index < -0.39 is 12.3 Å². The molecule has 0 unspecified atom stereocenters. The first-order chi connectivity index (χ1) is 17.7. The van der Waals surface area contributed by atoms with Gasteiger partial charge in [0.15, 0.2) is 6.61 Å². The van der Waals surface area contributed by atoms with Gasteiger partial charge in [-0.05, 0) is 19.3 Å². The van der Waals surface area contributed by atoms with Gasteiger partial charge in [-0.15, -0.1) is 0 Å². The Balaban J connectivity index is 3.43. The van der Waals surface area contributed by atoms with E-state index in [1.54, 1.807) is 0 Å². The molecule has 6 nitrogen and oxygen atoms in total. The van der Waals surface area contributed by atoms with Crippen molar-refractivity contribution in [3.63, 3.8) is 0 Å². The Hall–Kier alpha value is -1.46. The van der Waals surface area contributed by atoms with Crippen LogP contribution in [0.25, 0.3) is 0 Å². The molecule has 0 N–H and O–H groups in total. The lowest BCUT2D eigenvalue weighted by Gasteiger charge is -2.03. The fourth-order valence-electron chi connectivity index (χ4n) is 4.37. The SMILES string of the molecule is CCCCCCCCCCCCCCOC(=O)OC(OCCCCCCCCCCCCCC)=[O+][O-]. The van der Waals surface area contributed by atoms with E-state index in [1.807, 2.05) is 0 Å². The minimum absolute atomic E-state index is 0.279. The van der Waals surface area contributed by atoms with Gasteiger partial charge in [-0.2, -0.15) is 4.79 Å². The summed E-state index contributed by atoms with van der Waals surface area (Å²) in [5, 5.41) is 10.7. The number of carbonyl (C=O) groups is 1. The van der Waals surface area contributed by atoms with Gasteiger partial charge in [0.25, 0.3) is 0 Å². The molecule has 0 aliphatic heterocycles. The summed E-state index contributed by atoms with van der Waals surface area (Å²) < 4.78 is 18.6. The topological polar surface area (TPSA) is 79.1 Å². The van der Waals surface area contributed by atoms with Crippen LogP contribution in [-0.4, -0.2) is 25.5 Å². The third-order valence-electron chi connectivity index (χ3n) is 6.67. The van der Waals surface area contributed by atoms with Crippen LogP contribution < -0.4 is 5.26 Å². The smallest absolute Gasteiger partial charge is 0.628 e. The van der Waals surface area contributed by atoms with Crippen molar-refractivity contribution in [2.45, 2.75) is 168 Å². The summed E-state index contributed by atoms with van der Waals surface area (Å²) in [7, 11) is 0. The van der Waals surface area contributed by atoms with Crippen molar-refractivity contribution in [1.82, 2.24) is 0 Å². The molecule has 0 fully saturated rings. The van der Waals surface area contributed by atoms with Crippen molar-refractivity contribution < 1.29 is 28.8 Å². The lowest BCUT2D eigenvalue weighted by atomic mass is 10.1. The molecule has 6 heteroatoms. The molecule has 0 saturated heterocycles. The number of rotatable bonds is 26. The number of ether oxygens (including phenoxy) is 3. The second-order valence-electron chi connectivity index (χ2n) is 10.2. The van der Waals surface area contributed by atoms with Crippen LogP contribution in [0.1, 0.15) is 168 Å². The maximum absolute atomic E-state index is 11.7. The zero-order valence-corrected chi connectivity index (χ0v) is 23.8. The van der Waals surface area contributed by atoms with Crippen molar-refractivity contribution in [2.24, 2.45) is 0 Å². The van der Waals surface area contributed by atoms with Crippen LogP contribution in [0.3, 0.4) is 0 Å². The molecular weight excluding hydrogens is 456 g/mol. The molecule has 0 aromatic carbocycles. The van der Waals surface area contributed by atoms with Crippen LogP contribution in [0.5, 0.6) is 0 Å². The van der Waals surface area contributed by atoms with Crippen molar-refractivity contribution in [3.05, 3.63) is 0 Å². The van der Waals surface area contributed by atoms with Crippen LogP contribution in [0.15, 0.2) is 0 Å². The van der Waals surface area contributed by atoms with Crippen molar-refractivity contribution in [1.29, 1.82) is 0 Å². The summed E-state index contributed by atoms with van der Waals surface area (Å²) in [6.45, 7) is 5.07. The monoisotopic (exact) mass is 514 g/mol. The molecule has 0 aromatic heterocycles. The highest BCUT2D eigenvalue weighted by Gasteiger charge is 2.24. The first-order valence-electron chi connectivity index (χ1n) is 15.4. The third kappa shape index (κ3) is 27.1. The zero-order chi connectivity index (χ0) is 26.4. The summed E-state index contributed by atoms with van der Waals surface area (Å²) in [6.07, 6.45) is 28.3. The average Bonchev–Trinajstić information content (AvgIpc) is 2.88. The van der Waals surface area contributed by atoms with E-state index in [4.69, 9.17) is 14.2 Å². The second kappa shape index (κ2) is 29.8. The molecule has 0 radical (unpaired) electrons. The second-order valence-corrected chi connectivity index (χ2v) is 10.2. The van der Waals surface area contributed by atoms with Crippen LogP contribution in [0, 0.1) is 0 Å². The molecule has 0 amide bonds. The molecule has 0 heterocycles. The Bertz CT molecular complexity index is 480. The molecule has 0 aromatic rings. The third-order valence-corrected chi connectivity index (χ3v) is 6.67. The van der Waals surface area contributed by atoms with Crippen LogP contribution in [-0.2, 0) is 14.2 Å². The minimum Gasteiger partial charge on any atom is -0.628 e. The Morgan fingerprint density at radius 3 is 1.14 bits per heavy atom. The van der Waals surface area contributed by atoms with E-state index in [0.717, 1.165) is 38.5 Å². The predicted molar refractivity (Wildman–Crippen MR) is 146 cm³/mol. The molecule has 0 rings (SSSR count). The van der Waals surface area contributed by atoms with Gasteiger partial charge in [0, 0.05) is 0 Å². The normalized spacial score (nSPS) is 11.6. The Morgan fingerprint density at radius 2 is 0.806 bits per heavy atom. The molecule has 0 bridgehead atoms. The van der Waals surface area contributed by atoms with Gasteiger partial charge in [-0.1, -0.05) is 149 Å². The Kier molecular flexibility index (Phi) is 28.6. The largest absolute Gasteiger partial charge is 0.735 e. The minimum atomic E-state index is -0.946. The van der Waals surface area contributed by atoms with Gasteiger partial charge in [0.1, 0.15) is 0 Å². The van der Waals surface area contributed by atoms with Crippen LogP contribution in [0.2, 0.25) is 0 Å². The highest BCUT2D eigenvalue weighted by Crippen LogP contribution is 2.13. The fourth-order valence-corrected chi connectivity index (χ4v) is 4.37. The van der Waals surface area contributed by atoms with E-state index in [9.17, 15) is 10.1 Å². The van der Waals surface area contributed by atoms with Crippen LogP contribution >= 0.6 is 0 Å². The number of hydrogen-bond donors (Lipinski definition) is 0. The number of hydrogen-bond acceptors (Lipinski definition) is 5. The Labute approximate surface area is 222 Å². The highest BCUT2D eigenvalue weighted by molar-refractivity contribution is 5.76. The summed E-state index contributed by atoms with van der Waals surface area (Å²) in [5.41, 5.74) is 0. The van der Waals surface area contributed by atoms with Crippen molar-refractivity contribution in [2.75, 3.05) is 13.2 Å². The molecular formula is C30H58O6. The van der Waals surface area contributed by atoms with E-state index in [1.165, 1.54) is 116 Å². The molecule has 0 spiro atoms. The number of carbonyl (C=O) groups excluding carboxylic acids is 2. The van der Waals surface area contributed by atoms with Gasteiger partial charge in [0.05, 0.1) is 6.61 Å². The van der Waals surface area contributed by atoms with Gasteiger partial charge in [-0.25, -0.2) is 4.74 Å². The van der Waals surface area contributed by atoms with Gasteiger partial charge in [-0.3, -0.25) is 4.58 Å². The van der Waals surface area contributed by atoms with Gasteiger partial charge in [0.2, 0.25) is 0 Å². The Morgan fingerprint density at radius 1 is 0.500 bits per heavy atom. The van der Waals surface area contributed by atoms with Crippen LogP contribution in [0.4, 0.5) is 9.37 Å². The molecule has 0 aliphatic rings. The van der Waals surface area contributed by atoms with E-state index >= 15 is 0 Å². The first-order valence-corrected chi connectivity index (χ1v) is 15.4. The predicted octanol–water partition coefficient (Wildman–Crippen LogP) is 9.49. The standard InChI is InChI=1S/C30H58O6/c1-3-5-7-9-11-13-15-17-19-21-23-25-27-33-29(31)35-30(36-32)34-28-26-24-22-20-18-16-14-12-10-8-6-4-2/h3-28H2,1-2H3. The summed E-state index contributed by atoms with van der Waals surface area (Å²) in [5.74, 6) is 0. The lowest BCUT2D eigenvalue weighted by Crippen LogP contribution is -2.18. The van der Waals surface area contributed by atoms with E-state index in [2.05, 4.69) is 18.4 Å².